The molecule has 130 valence electrons. The van der Waals surface area contributed by atoms with Crippen LogP contribution in [0.15, 0.2) is 64.9 Å². The van der Waals surface area contributed by atoms with Crippen LogP contribution in [0.3, 0.4) is 0 Å². The van der Waals surface area contributed by atoms with E-state index in [9.17, 15) is 13.5 Å². The summed E-state index contributed by atoms with van der Waals surface area (Å²) < 4.78 is 28.4. The van der Waals surface area contributed by atoms with Gasteiger partial charge in [-0.25, -0.2) is 13.1 Å². The Morgan fingerprint density at radius 2 is 1.84 bits per heavy atom. The van der Waals surface area contributed by atoms with E-state index >= 15 is 0 Å². The lowest BCUT2D eigenvalue weighted by molar-refractivity contribution is 0.0222. The van der Waals surface area contributed by atoms with Crippen molar-refractivity contribution in [3.63, 3.8) is 0 Å². The van der Waals surface area contributed by atoms with E-state index in [0.29, 0.717) is 5.39 Å². The Morgan fingerprint density at radius 3 is 2.56 bits per heavy atom. The summed E-state index contributed by atoms with van der Waals surface area (Å²) in [5, 5.41) is 14.6. The van der Waals surface area contributed by atoms with E-state index in [1.807, 2.05) is 41.8 Å². The highest BCUT2D eigenvalue weighted by Crippen LogP contribution is 2.46. The molecule has 1 heterocycles. The van der Waals surface area contributed by atoms with Crippen molar-refractivity contribution in [1.82, 2.24) is 4.72 Å². The third-order valence-corrected chi connectivity index (χ3v) is 7.27. The van der Waals surface area contributed by atoms with Gasteiger partial charge in [-0.2, -0.15) is 0 Å². The molecule has 4 rings (SSSR count). The Kier molecular flexibility index (Phi) is 4.16. The maximum atomic E-state index is 12.9. The molecule has 4 nitrogen and oxygen atoms in total. The molecular formula is C19H19NO3S2. The fourth-order valence-electron chi connectivity index (χ4n) is 3.23. The maximum Gasteiger partial charge on any atom is 0.241 e. The molecule has 0 unspecified atom stereocenters. The summed E-state index contributed by atoms with van der Waals surface area (Å²) in [6, 6.07) is 16.4. The van der Waals surface area contributed by atoms with Gasteiger partial charge >= 0.3 is 0 Å². The minimum absolute atomic E-state index is 0.0102. The molecule has 1 aromatic heterocycles. The second-order valence-corrected chi connectivity index (χ2v) is 9.16. The summed E-state index contributed by atoms with van der Waals surface area (Å²) in [6.07, 6.45) is 1.84. The lowest BCUT2D eigenvalue weighted by atomic mass is 9.96. The molecule has 1 aliphatic carbocycles. The first-order chi connectivity index (χ1) is 12.0. The van der Waals surface area contributed by atoms with Crippen molar-refractivity contribution in [2.75, 3.05) is 6.54 Å². The normalized spacial score (nSPS) is 17.5. The van der Waals surface area contributed by atoms with E-state index in [2.05, 4.69) is 4.72 Å². The van der Waals surface area contributed by atoms with Crippen LogP contribution in [0.5, 0.6) is 0 Å². The van der Waals surface area contributed by atoms with E-state index in [1.54, 1.807) is 18.2 Å². The second-order valence-electron chi connectivity index (χ2n) is 6.48. The Bertz CT molecular complexity index is 989. The summed E-state index contributed by atoms with van der Waals surface area (Å²) in [4.78, 5) is 1.06. The van der Waals surface area contributed by atoms with Crippen molar-refractivity contribution in [2.24, 2.45) is 5.92 Å². The average molecular weight is 373 g/mol. The first kappa shape index (κ1) is 16.7. The van der Waals surface area contributed by atoms with Crippen LogP contribution >= 0.6 is 11.3 Å². The summed E-state index contributed by atoms with van der Waals surface area (Å²) in [7, 11) is -3.72. The summed E-state index contributed by atoms with van der Waals surface area (Å²) in [5.41, 5.74) is -1.13. The molecule has 2 aromatic carbocycles. The number of benzene rings is 2. The average Bonchev–Trinajstić information content (AvgIpc) is 3.34. The lowest BCUT2D eigenvalue weighted by Crippen LogP contribution is -2.42. The Hall–Kier alpha value is -1.73. The molecule has 0 aliphatic heterocycles. The van der Waals surface area contributed by atoms with Crippen LogP contribution in [0.1, 0.15) is 17.7 Å². The highest BCUT2D eigenvalue weighted by Gasteiger charge is 2.46. The second kappa shape index (κ2) is 6.21. The highest BCUT2D eigenvalue weighted by atomic mass is 32.2. The standard InChI is InChI=1S/C19H19NO3S2/c21-19(15-10-11-15,18-9-4-12-24-18)13-20-25(22,23)17-8-3-6-14-5-1-2-7-16(14)17/h1-9,12,15,20-21H,10-11,13H2/t19-/m0/s1. The van der Waals surface area contributed by atoms with E-state index < -0.39 is 15.6 Å². The monoisotopic (exact) mass is 373 g/mol. The molecule has 1 saturated carbocycles. The molecule has 0 saturated heterocycles. The summed E-state index contributed by atoms with van der Waals surface area (Å²) >= 11 is 1.46. The van der Waals surface area contributed by atoms with Crippen molar-refractivity contribution in [2.45, 2.75) is 23.3 Å². The molecule has 0 bridgehead atoms. The van der Waals surface area contributed by atoms with Gasteiger partial charge in [-0.3, -0.25) is 0 Å². The van der Waals surface area contributed by atoms with Crippen LogP contribution in [0, 0.1) is 5.92 Å². The topological polar surface area (TPSA) is 66.4 Å². The van der Waals surface area contributed by atoms with Crippen LogP contribution in [-0.4, -0.2) is 20.1 Å². The van der Waals surface area contributed by atoms with Crippen LogP contribution in [0.2, 0.25) is 0 Å². The molecule has 6 heteroatoms. The largest absolute Gasteiger partial charge is 0.383 e. The van der Waals surface area contributed by atoms with Crippen LogP contribution < -0.4 is 4.72 Å². The van der Waals surface area contributed by atoms with Crippen molar-refractivity contribution in [3.05, 3.63) is 64.9 Å². The minimum atomic E-state index is -3.72. The van der Waals surface area contributed by atoms with Crippen LogP contribution in [-0.2, 0) is 15.6 Å². The fraction of sp³-hybridized carbons (Fsp3) is 0.263. The zero-order chi connectivity index (χ0) is 17.5. The Morgan fingerprint density at radius 1 is 1.08 bits per heavy atom. The molecule has 0 radical (unpaired) electrons. The van der Waals surface area contributed by atoms with Gasteiger partial charge in [0.1, 0.15) is 5.60 Å². The van der Waals surface area contributed by atoms with Gasteiger partial charge in [0.15, 0.2) is 0 Å². The van der Waals surface area contributed by atoms with Crippen molar-refractivity contribution < 1.29 is 13.5 Å². The highest BCUT2D eigenvalue weighted by molar-refractivity contribution is 7.89. The number of rotatable bonds is 6. The molecule has 25 heavy (non-hydrogen) atoms. The van der Waals surface area contributed by atoms with Crippen molar-refractivity contribution in [1.29, 1.82) is 0 Å². The number of nitrogens with one attached hydrogen (secondary N) is 1. The van der Waals surface area contributed by atoms with Crippen molar-refractivity contribution in [3.8, 4) is 0 Å². The van der Waals surface area contributed by atoms with Gasteiger partial charge in [-0.1, -0.05) is 42.5 Å². The molecule has 2 N–H and O–H groups in total. The van der Waals surface area contributed by atoms with Gasteiger partial charge in [0, 0.05) is 16.8 Å². The first-order valence-electron chi connectivity index (χ1n) is 8.24. The fourth-order valence-corrected chi connectivity index (χ4v) is 5.43. The molecule has 1 aliphatic rings. The third-order valence-electron chi connectivity index (χ3n) is 4.77. The summed E-state index contributed by atoms with van der Waals surface area (Å²) in [6.45, 7) is -0.0102. The number of hydrogen-bond acceptors (Lipinski definition) is 4. The molecule has 1 fully saturated rings. The van der Waals surface area contributed by atoms with E-state index in [-0.39, 0.29) is 17.4 Å². The molecule has 3 aromatic rings. The van der Waals surface area contributed by atoms with Crippen LogP contribution in [0.4, 0.5) is 0 Å². The molecule has 0 spiro atoms. The summed E-state index contributed by atoms with van der Waals surface area (Å²) in [5.74, 6) is 0.112. The van der Waals surface area contributed by atoms with E-state index in [4.69, 9.17) is 0 Å². The quantitative estimate of drug-likeness (QED) is 0.695. The predicted octanol–water partition coefficient (Wildman–Crippen LogP) is 3.48. The van der Waals surface area contributed by atoms with E-state index in [0.717, 1.165) is 23.1 Å². The van der Waals surface area contributed by atoms with Gasteiger partial charge in [0.2, 0.25) is 10.0 Å². The Labute approximate surface area is 151 Å². The number of thiophene rings is 1. The first-order valence-corrected chi connectivity index (χ1v) is 10.6. The molecule has 1 atom stereocenters. The smallest absolute Gasteiger partial charge is 0.241 e. The predicted molar refractivity (Wildman–Crippen MR) is 100 cm³/mol. The van der Waals surface area contributed by atoms with Gasteiger partial charge in [0.05, 0.1) is 4.90 Å². The van der Waals surface area contributed by atoms with E-state index in [1.165, 1.54) is 11.3 Å². The SMILES string of the molecule is O=S(=O)(NC[C@@](O)(c1cccs1)C1CC1)c1cccc2ccccc12. The third kappa shape index (κ3) is 3.11. The van der Waals surface area contributed by atoms with Crippen molar-refractivity contribution >= 4 is 32.1 Å². The van der Waals surface area contributed by atoms with Gasteiger partial charge < -0.3 is 5.11 Å². The molecular weight excluding hydrogens is 354 g/mol. The zero-order valence-corrected chi connectivity index (χ0v) is 15.2. The number of hydrogen-bond donors (Lipinski definition) is 2. The van der Waals surface area contributed by atoms with Gasteiger partial charge in [-0.15, -0.1) is 11.3 Å². The minimum Gasteiger partial charge on any atom is -0.383 e. The Balaban J connectivity index is 1.65. The number of sulfonamides is 1. The zero-order valence-electron chi connectivity index (χ0n) is 13.6. The van der Waals surface area contributed by atoms with Crippen LogP contribution in [0.25, 0.3) is 10.8 Å². The molecule has 0 amide bonds. The van der Waals surface area contributed by atoms with Gasteiger partial charge in [0.25, 0.3) is 0 Å². The van der Waals surface area contributed by atoms with Gasteiger partial charge in [-0.05, 0) is 41.7 Å². The number of aliphatic hydroxyl groups is 1. The lowest BCUT2D eigenvalue weighted by Gasteiger charge is -2.27. The number of fused-ring (bicyclic) bond motifs is 1. The maximum absolute atomic E-state index is 12.9.